The Morgan fingerprint density at radius 2 is 1.67 bits per heavy atom. The molecule has 3 atom stereocenters. The minimum Gasteiger partial charge on any atom is -0.465 e. The van der Waals surface area contributed by atoms with Gasteiger partial charge in [-0.05, 0) is 38.3 Å². The fraction of sp³-hybridized carbons (Fsp3) is 0.400. The van der Waals surface area contributed by atoms with Crippen LogP contribution in [0.25, 0.3) is 0 Å². The summed E-state index contributed by atoms with van der Waals surface area (Å²) in [4.78, 5) is 39.1. The van der Waals surface area contributed by atoms with Gasteiger partial charge in [0.15, 0.2) is 11.7 Å². The molecule has 0 aliphatic carbocycles. The van der Waals surface area contributed by atoms with Gasteiger partial charge in [0.25, 0.3) is 0 Å². The Hall–Kier alpha value is -2.95. The van der Waals surface area contributed by atoms with Crippen LogP contribution in [0.4, 0.5) is 0 Å². The molecule has 1 aliphatic rings. The van der Waals surface area contributed by atoms with Crippen molar-refractivity contribution >= 4 is 17.7 Å². The van der Waals surface area contributed by atoms with Crippen molar-refractivity contribution in [2.45, 2.75) is 45.6 Å². The summed E-state index contributed by atoms with van der Waals surface area (Å²) in [6, 6.07) is 16.7. The largest absolute Gasteiger partial charge is 0.465 e. The molecule has 0 bridgehead atoms. The third-order valence-corrected chi connectivity index (χ3v) is 5.77. The van der Waals surface area contributed by atoms with Crippen molar-refractivity contribution in [2.75, 3.05) is 6.61 Å². The lowest BCUT2D eigenvalue weighted by atomic mass is 9.69. The summed E-state index contributed by atoms with van der Waals surface area (Å²) in [7, 11) is 0. The number of Topliss-reactive ketones (excluding diaryl/α,β-unsaturated/α-hetero) is 1. The van der Waals surface area contributed by atoms with Gasteiger partial charge in [-0.3, -0.25) is 14.4 Å². The van der Waals surface area contributed by atoms with Crippen LogP contribution < -0.4 is 0 Å². The zero-order valence-electron chi connectivity index (χ0n) is 17.9. The molecule has 0 saturated carbocycles. The topological polar surface area (TPSA) is 69.7 Å². The monoisotopic (exact) mass is 408 g/mol. The highest BCUT2D eigenvalue weighted by Crippen LogP contribution is 2.47. The summed E-state index contributed by atoms with van der Waals surface area (Å²) in [6.45, 7) is 7.39. The molecule has 158 valence electrons. The average Bonchev–Trinajstić information content (AvgIpc) is 2.97. The van der Waals surface area contributed by atoms with Crippen LogP contribution in [-0.4, -0.2) is 29.9 Å². The van der Waals surface area contributed by atoms with Crippen molar-refractivity contribution in [1.82, 2.24) is 0 Å². The first-order valence-corrected chi connectivity index (χ1v) is 10.4. The van der Waals surface area contributed by atoms with Gasteiger partial charge in [0.05, 0.1) is 12.5 Å². The Bertz CT molecular complexity index is 914. The normalized spacial score (nSPS) is 21.0. The molecule has 2 aromatic carbocycles. The van der Waals surface area contributed by atoms with Gasteiger partial charge in [-0.2, -0.15) is 0 Å². The first kappa shape index (κ1) is 21.8. The predicted molar refractivity (Wildman–Crippen MR) is 113 cm³/mol. The molecule has 1 heterocycles. The minimum absolute atomic E-state index is 0.144. The number of hydrogen-bond donors (Lipinski definition) is 0. The fourth-order valence-corrected chi connectivity index (χ4v) is 4.27. The van der Waals surface area contributed by atoms with Crippen LogP contribution in [0.2, 0.25) is 0 Å². The Kier molecular flexibility index (Phi) is 6.40. The molecule has 0 unspecified atom stereocenters. The van der Waals surface area contributed by atoms with Gasteiger partial charge in [-0.25, -0.2) is 0 Å². The maximum Gasteiger partial charge on any atom is 0.321 e. The van der Waals surface area contributed by atoms with E-state index >= 15 is 0 Å². The Labute approximate surface area is 177 Å². The second-order valence-electron chi connectivity index (χ2n) is 8.08. The third kappa shape index (κ3) is 4.16. The Balaban J connectivity index is 2.11. The third-order valence-electron chi connectivity index (χ3n) is 5.77. The number of cyclic esters (lactones) is 1. The van der Waals surface area contributed by atoms with Gasteiger partial charge in [0.1, 0.15) is 5.60 Å². The standard InChI is InChI=1S/C25H28O5/c1-5-16-12-14-18(15-13-16)22(26)19(17-10-8-7-9-11-17)21-20(23(27)29-6-2)24(28)30-25(21,3)4/h7-15,19-21H,5-6H2,1-4H3/t19-,20-,21-/m1/s1. The summed E-state index contributed by atoms with van der Waals surface area (Å²) in [5.41, 5.74) is 1.41. The van der Waals surface area contributed by atoms with E-state index in [0.717, 1.165) is 17.5 Å². The number of rotatable bonds is 7. The maximum absolute atomic E-state index is 13.7. The van der Waals surface area contributed by atoms with Gasteiger partial charge in [-0.15, -0.1) is 0 Å². The first-order valence-electron chi connectivity index (χ1n) is 10.4. The number of hydrogen-bond acceptors (Lipinski definition) is 5. The van der Waals surface area contributed by atoms with Gasteiger partial charge >= 0.3 is 11.9 Å². The SMILES string of the molecule is CCOC(=O)[C@@H]1C(=O)OC(C)(C)[C@@H]1[C@H](C(=O)c1ccc(CC)cc1)c1ccccc1. The van der Waals surface area contributed by atoms with E-state index in [1.54, 1.807) is 32.9 Å². The number of carbonyl (C=O) groups excluding carboxylic acids is 3. The summed E-state index contributed by atoms with van der Waals surface area (Å²) in [6.07, 6.45) is 0.875. The Morgan fingerprint density at radius 3 is 2.23 bits per heavy atom. The molecule has 1 aliphatic heterocycles. The number of ether oxygens (including phenoxy) is 2. The summed E-state index contributed by atoms with van der Waals surface area (Å²) < 4.78 is 10.7. The highest BCUT2D eigenvalue weighted by molar-refractivity contribution is 6.04. The number of esters is 2. The fourth-order valence-electron chi connectivity index (χ4n) is 4.27. The first-order chi connectivity index (χ1) is 14.3. The van der Waals surface area contributed by atoms with E-state index < -0.39 is 35.3 Å². The molecule has 0 aromatic heterocycles. The maximum atomic E-state index is 13.7. The van der Waals surface area contributed by atoms with Crippen LogP contribution in [0.1, 0.15) is 55.1 Å². The van der Waals surface area contributed by atoms with Gasteiger partial charge in [0.2, 0.25) is 0 Å². The van der Waals surface area contributed by atoms with Crippen molar-refractivity contribution in [3.05, 3.63) is 71.3 Å². The average molecular weight is 408 g/mol. The lowest BCUT2D eigenvalue weighted by molar-refractivity contribution is -0.157. The second kappa shape index (κ2) is 8.82. The highest BCUT2D eigenvalue weighted by atomic mass is 16.6. The lowest BCUT2D eigenvalue weighted by Crippen LogP contribution is -2.41. The van der Waals surface area contributed by atoms with Crippen molar-refractivity contribution in [2.24, 2.45) is 11.8 Å². The molecule has 5 nitrogen and oxygen atoms in total. The summed E-state index contributed by atoms with van der Waals surface area (Å²) in [5.74, 6) is -4.00. The van der Waals surface area contributed by atoms with Crippen molar-refractivity contribution in [3.8, 4) is 0 Å². The van der Waals surface area contributed by atoms with Crippen LogP contribution in [0.3, 0.4) is 0 Å². The van der Waals surface area contributed by atoms with Crippen molar-refractivity contribution in [1.29, 1.82) is 0 Å². The predicted octanol–water partition coefficient (Wildman–Crippen LogP) is 4.35. The van der Waals surface area contributed by atoms with E-state index in [2.05, 4.69) is 6.92 Å². The molecular weight excluding hydrogens is 380 g/mol. The smallest absolute Gasteiger partial charge is 0.321 e. The molecular formula is C25H28O5. The minimum atomic E-state index is -1.15. The molecule has 0 radical (unpaired) electrons. The molecule has 0 amide bonds. The molecule has 5 heteroatoms. The van der Waals surface area contributed by atoms with Crippen molar-refractivity contribution in [3.63, 3.8) is 0 Å². The van der Waals surface area contributed by atoms with E-state index in [1.165, 1.54) is 0 Å². The van der Waals surface area contributed by atoms with Gasteiger partial charge < -0.3 is 9.47 Å². The number of aryl methyl sites for hydroxylation is 1. The molecule has 0 N–H and O–H groups in total. The molecule has 0 spiro atoms. The zero-order chi connectivity index (χ0) is 21.9. The molecule has 30 heavy (non-hydrogen) atoms. The quantitative estimate of drug-likeness (QED) is 0.387. The molecule has 1 fully saturated rings. The number of carbonyl (C=O) groups is 3. The number of ketones is 1. The number of benzene rings is 2. The summed E-state index contributed by atoms with van der Waals surface area (Å²) >= 11 is 0. The van der Waals surface area contributed by atoms with Gasteiger partial charge in [-0.1, -0.05) is 61.5 Å². The van der Waals surface area contributed by atoms with Gasteiger partial charge in [0, 0.05) is 11.5 Å². The Morgan fingerprint density at radius 1 is 1.03 bits per heavy atom. The van der Waals surface area contributed by atoms with E-state index in [-0.39, 0.29) is 12.4 Å². The second-order valence-corrected chi connectivity index (χ2v) is 8.08. The highest BCUT2D eigenvalue weighted by Gasteiger charge is 2.58. The van der Waals surface area contributed by atoms with E-state index in [0.29, 0.717) is 5.56 Å². The summed E-state index contributed by atoms with van der Waals surface area (Å²) in [5, 5.41) is 0. The van der Waals surface area contributed by atoms with Crippen LogP contribution in [0, 0.1) is 11.8 Å². The zero-order valence-corrected chi connectivity index (χ0v) is 17.9. The molecule has 3 rings (SSSR count). The van der Waals surface area contributed by atoms with Crippen LogP contribution >= 0.6 is 0 Å². The van der Waals surface area contributed by atoms with E-state index in [1.807, 2.05) is 42.5 Å². The molecule has 1 saturated heterocycles. The van der Waals surface area contributed by atoms with Crippen LogP contribution in [0.5, 0.6) is 0 Å². The van der Waals surface area contributed by atoms with Crippen molar-refractivity contribution < 1.29 is 23.9 Å². The van der Waals surface area contributed by atoms with Crippen LogP contribution in [-0.2, 0) is 25.5 Å². The van der Waals surface area contributed by atoms with Crippen LogP contribution in [0.15, 0.2) is 54.6 Å². The molecule has 2 aromatic rings. The lowest BCUT2D eigenvalue weighted by Gasteiger charge is -2.33. The van der Waals surface area contributed by atoms with E-state index in [4.69, 9.17) is 9.47 Å². The van der Waals surface area contributed by atoms with E-state index in [9.17, 15) is 14.4 Å².